The van der Waals surface area contributed by atoms with E-state index >= 15 is 0 Å². The van der Waals surface area contributed by atoms with Gasteiger partial charge in [-0.25, -0.2) is 0 Å². The highest BCUT2D eigenvalue weighted by Crippen LogP contribution is 2.32. The standard InChI is InChI=1S/C16H16O4S/c17-13(16-4-2-8-21-16)3-1-7-18-10-12-5-6-14-15(9-12)20-11-19-14/h2,4-6,8-9H,1,3,7,10-11H2. The molecule has 0 atom stereocenters. The largest absolute Gasteiger partial charge is 0.454 e. The van der Waals surface area contributed by atoms with E-state index in [2.05, 4.69) is 0 Å². The highest BCUT2D eigenvalue weighted by atomic mass is 32.1. The molecule has 2 heterocycles. The van der Waals surface area contributed by atoms with Crippen LogP contribution in [0.3, 0.4) is 0 Å². The quantitative estimate of drug-likeness (QED) is 0.578. The Morgan fingerprint density at radius 3 is 3.00 bits per heavy atom. The molecular weight excluding hydrogens is 288 g/mol. The van der Waals surface area contributed by atoms with Gasteiger partial charge in [-0.3, -0.25) is 4.79 Å². The van der Waals surface area contributed by atoms with Crippen molar-refractivity contribution in [1.29, 1.82) is 0 Å². The van der Waals surface area contributed by atoms with Crippen molar-refractivity contribution < 1.29 is 19.0 Å². The zero-order valence-corrected chi connectivity index (χ0v) is 12.4. The van der Waals surface area contributed by atoms with E-state index in [0.29, 0.717) is 19.6 Å². The normalized spacial score (nSPS) is 12.6. The minimum absolute atomic E-state index is 0.191. The van der Waals surface area contributed by atoms with Gasteiger partial charge in [0.05, 0.1) is 11.5 Å². The molecule has 2 aromatic rings. The van der Waals surface area contributed by atoms with Crippen molar-refractivity contribution in [3.63, 3.8) is 0 Å². The fourth-order valence-corrected chi connectivity index (χ4v) is 2.81. The summed E-state index contributed by atoms with van der Waals surface area (Å²) in [5.74, 6) is 1.74. The molecule has 1 aromatic heterocycles. The Morgan fingerprint density at radius 2 is 2.14 bits per heavy atom. The summed E-state index contributed by atoms with van der Waals surface area (Å²) in [5.41, 5.74) is 1.05. The molecule has 0 fully saturated rings. The maximum Gasteiger partial charge on any atom is 0.231 e. The summed E-state index contributed by atoms with van der Waals surface area (Å²) in [5, 5.41) is 1.92. The SMILES string of the molecule is O=C(CCCOCc1ccc2c(c1)OCO2)c1cccs1. The van der Waals surface area contributed by atoms with Gasteiger partial charge in [-0.1, -0.05) is 12.1 Å². The second kappa shape index (κ2) is 6.74. The molecule has 0 saturated carbocycles. The highest BCUT2D eigenvalue weighted by molar-refractivity contribution is 7.12. The first kappa shape index (κ1) is 14.1. The zero-order chi connectivity index (χ0) is 14.5. The number of carbonyl (C=O) groups excluding carboxylic acids is 1. The summed E-state index contributed by atoms with van der Waals surface area (Å²) in [4.78, 5) is 12.6. The number of hydrogen-bond donors (Lipinski definition) is 0. The van der Waals surface area contributed by atoms with E-state index in [9.17, 15) is 4.79 Å². The predicted octanol–water partition coefficient (Wildman–Crippen LogP) is 3.66. The van der Waals surface area contributed by atoms with Gasteiger partial charge in [-0.2, -0.15) is 0 Å². The highest BCUT2D eigenvalue weighted by Gasteiger charge is 2.13. The topological polar surface area (TPSA) is 44.8 Å². The number of Topliss-reactive ketones (excluding diaryl/α,β-unsaturated/α-hetero) is 1. The van der Waals surface area contributed by atoms with E-state index in [-0.39, 0.29) is 12.6 Å². The molecule has 0 amide bonds. The molecule has 3 rings (SSSR count). The summed E-state index contributed by atoms with van der Waals surface area (Å²) < 4.78 is 16.2. The second-order valence-electron chi connectivity index (χ2n) is 4.74. The number of thiophene rings is 1. The summed E-state index contributed by atoms with van der Waals surface area (Å²) in [6.45, 7) is 1.37. The monoisotopic (exact) mass is 304 g/mol. The predicted molar refractivity (Wildman–Crippen MR) is 80.1 cm³/mol. The van der Waals surface area contributed by atoms with Gasteiger partial charge >= 0.3 is 0 Å². The minimum Gasteiger partial charge on any atom is -0.454 e. The fourth-order valence-electron chi connectivity index (χ4n) is 2.12. The molecule has 0 saturated heterocycles. The lowest BCUT2D eigenvalue weighted by molar-refractivity contribution is 0.0922. The van der Waals surface area contributed by atoms with Crippen LogP contribution in [0.2, 0.25) is 0 Å². The van der Waals surface area contributed by atoms with Crippen LogP contribution in [0.25, 0.3) is 0 Å². The summed E-state index contributed by atoms with van der Waals surface area (Å²) >= 11 is 1.49. The Hall–Kier alpha value is -1.85. The molecule has 1 aromatic carbocycles. The van der Waals surface area contributed by atoms with Gasteiger partial charge in [0, 0.05) is 13.0 Å². The third-order valence-corrected chi connectivity index (χ3v) is 4.11. The molecule has 5 heteroatoms. The van der Waals surface area contributed by atoms with Crippen LogP contribution in [0.15, 0.2) is 35.7 Å². The van der Waals surface area contributed by atoms with Gasteiger partial charge in [0.1, 0.15) is 0 Å². The van der Waals surface area contributed by atoms with Crippen LogP contribution in [0, 0.1) is 0 Å². The third-order valence-electron chi connectivity index (χ3n) is 3.19. The van der Waals surface area contributed by atoms with Crippen LogP contribution in [0.5, 0.6) is 11.5 Å². The van der Waals surface area contributed by atoms with Crippen molar-refractivity contribution in [1.82, 2.24) is 0 Å². The molecule has 21 heavy (non-hydrogen) atoms. The van der Waals surface area contributed by atoms with Crippen molar-refractivity contribution in [2.75, 3.05) is 13.4 Å². The summed E-state index contributed by atoms with van der Waals surface area (Å²) in [6.07, 6.45) is 1.27. The van der Waals surface area contributed by atoms with E-state index in [4.69, 9.17) is 14.2 Å². The summed E-state index contributed by atoms with van der Waals surface area (Å²) in [7, 11) is 0. The number of rotatable bonds is 7. The van der Waals surface area contributed by atoms with Crippen LogP contribution in [0.4, 0.5) is 0 Å². The molecule has 0 unspecified atom stereocenters. The van der Waals surface area contributed by atoms with Crippen LogP contribution in [0.1, 0.15) is 28.1 Å². The van der Waals surface area contributed by atoms with Gasteiger partial charge in [0.2, 0.25) is 6.79 Å². The molecule has 1 aliphatic rings. The molecule has 0 aliphatic carbocycles. The van der Waals surface area contributed by atoms with Crippen molar-refractivity contribution in [3.05, 3.63) is 46.2 Å². The fraction of sp³-hybridized carbons (Fsp3) is 0.312. The zero-order valence-electron chi connectivity index (χ0n) is 11.5. The molecule has 0 spiro atoms. The Labute approximate surface area is 127 Å². The molecular formula is C16H16O4S. The van der Waals surface area contributed by atoms with Crippen molar-refractivity contribution in [2.45, 2.75) is 19.4 Å². The van der Waals surface area contributed by atoms with E-state index in [1.54, 1.807) is 0 Å². The van der Waals surface area contributed by atoms with Gasteiger partial charge in [-0.15, -0.1) is 11.3 Å². The molecule has 1 aliphatic heterocycles. The first-order chi connectivity index (χ1) is 10.3. The van der Waals surface area contributed by atoms with Gasteiger partial charge < -0.3 is 14.2 Å². The molecule has 4 nitrogen and oxygen atoms in total. The lowest BCUT2D eigenvalue weighted by Gasteiger charge is -2.05. The van der Waals surface area contributed by atoms with E-state index in [1.165, 1.54) is 11.3 Å². The Bertz CT molecular complexity index is 607. The van der Waals surface area contributed by atoms with E-state index in [0.717, 1.165) is 28.4 Å². The van der Waals surface area contributed by atoms with Crippen molar-refractivity contribution in [3.8, 4) is 11.5 Å². The lowest BCUT2D eigenvalue weighted by Crippen LogP contribution is -2.01. The Kier molecular flexibility index (Phi) is 4.52. The molecule has 0 N–H and O–H groups in total. The first-order valence-corrected chi connectivity index (χ1v) is 7.74. The molecule has 0 bridgehead atoms. The number of fused-ring (bicyclic) bond motifs is 1. The van der Waals surface area contributed by atoms with E-state index < -0.39 is 0 Å². The third kappa shape index (κ3) is 3.62. The Morgan fingerprint density at radius 1 is 1.24 bits per heavy atom. The van der Waals surface area contributed by atoms with Gasteiger partial charge in [0.15, 0.2) is 17.3 Å². The minimum atomic E-state index is 0.191. The van der Waals surface area contributed by atoms with Crippen molar-refractivity contribution >= 4 is 17.1 Å². The molecule has 110 valence electrons. The van der Waals surface area contributed by atoms with Crippen LogP contribution in [-0.2, 0) is 11.3 Å². The van der Waals surface area contributed by atoms with Crippen LogP contribution in [-0.4, -0.2) is 19.2 Å². The average Bonchev–Trinajstić information content (AvgIpc) is 3.17. The maximum atomic E-state index is 11.8. The number of benzene rings is 1. The number of ether oxygens (including phenoxy) is 3. The maximum absolute atomic E-state index is 11.8. The van der Waals surface area contributed by atoms with E-state index in [1.807, 2.05) is 35.7 Å². The lowest BCUT2D eigenvalue weighted by atomic mass is 10.2. The number of hydrogen-bond acceptors (Lipinski definition) is 5. The average molecular weight is 304 g/mol. The van der Waals surface area contributed by atoms with Crippen LogP contribution < -0.4 is 9.47 Å². The Balaban J connectivity index is 1.38. The van der Waals surface area contributed by atoms with Gasteiger partial charge in [-0.05, 0) is 35.6 Å². The molecule has 0 radical (unpaired) electrons. The first-order valence-electron chi connectivity index (χ1n) is 6.86. The smallest absolute Gasteiger partial charge is 0.231 e. The second-order valence-corrected chi connectivity index (χ2v) is 5.69. The van der Waals surface area contributed by atoms with Crippen molar-refractivity contribution in [2.24, 2.45) is 0 Å². The van der Waals surface area contributed by atoms with Crippen LogP contribution >= 0.6 is 11.3 Å². The number of carbonyl (C=O) groups is 1. The summed E-state index contributed by atoms with van der Waals surface area (Å²) in [6, 6.07) is 9.54. The number of ketones is 1. The van der Waals surface area contributed by atoms with Gasteiger partial charge in [0.25, 0.3) is 0 Å².